The van der Waals surface area contributed by atoms with Gasteiger partial charge in [-0.05, 0) is 43.0 Å². The molecule has 1 spiro atoms. The van der Waals surface area contributed by atoms with Crippen molar-refractivity contribution >= 4 is 6.02 Å². The third kappa shape index (κ3) is 2.38. The number of fused-ring (bicyclic) bond motifs is 1. The second kappa shape index (κ2) is 5.47. The Kier molecular flexibility index (Phi) is 3.40. The molecule has 2 N–H and O–H groups in total. The molecule has 1 aromatic carbocycles. The largest absolute Gasteiger partial charge is 0.496 e. The van der Waals surface area contributed by atoms with Gasteiger partial charge < -0.3 is 15.2 Å². The lowest BCUT2D eigenvalue weighted by molar-refractivity contribution is 0.234. The molecule has 0 saturated heterocycles. The van der Waals surface area contributed by atoms with Crippen molar-refractivity contribution in [1.82, 2.24) is 9.97 Å². The summed E-state index contributed by atoms with van der Waals surface area (Å²) >= 11 is 0. The van der Waals surface area contributed by atoms with Crippen LogP contribution in [0.5, 0.6) is 5.75 Å². The summed E-state index contributed by atoms with van der Waals surface area (Å²) in [6.45, 7) is 2.48. The SMILES string of the molecule is COc1ccc(-c2cncc(C)n2)c2c1CCC1(COC(N)=N1)C2. The molecule has 1 aromatic heterocycles. The molecule has 1 aliphatic carbocycles. The molecule has 4 rings (SSSR count). The van der Waals surface area contributed by atoms with Crippen LogP contribution in [0, 0.1) is 6.92 Å². The van der Waals surface area contributed by atoms with E-state index in [0.29, 0.717) is 12.6 Å². The Bertz CT molecular complexity index is 834. The summed E-state index contributed by atoms with van der Waals surface area (Å²) in [6, 6.07) is 4.36. The summed E-state index contributed by atoms with van der Waals surface area (Å²) in [5.74, 6) is 0.917. The molecule has 0 amide bonds. The molecule has 2 heterocycles. The number of nitrogens with two attached hydrogens (primary N) is 1. The normalized spacial score (nSPS) is 22.0. The molecule has 124 valence electrons. The first-order chi connectivity index (χ1) is 11.6. The lowest BCUT2D eigenvalue weighted by atomic mass is 9.76. The number of benzene rings is 1. The summed E-state index contributed by atoms with van der Waals surface area (Å²) in [7, 11) is 1.71. The molecular weight excluding hydrogens is 304 g/mol. The minimum absolute atomic E-state index is 0.268. The molecule has 2 aliphatic rings. The van der Waals surface area contributed by atoms with Crippen molar-refractivity contribution in [2.45, 2.75) is 31.7 Å². The number of rotatable bonds is 2. The molecule has 0 radical (unpaired) electrons. The first-order valence-electron chi connectivity index (χ1n) is 8.06. The van der Waals surface area contributed by atoms with E-state index in [1.165, 1.54) is 11.1 Å². The average Bonchev–Trinajstić information content (AvgIpc) is 2.94. The standard InChI is InChI=1S/C18H20N4O2/c1-11-8-20-9-15(21-11)12-3-4-16(23-2)13-5-6-18(7-14(12)13)10-24-17(19)22-18/h3-4,8-9H,5-7,10H2,1-2H3,(H2,19,22). The van der Waals surface area contributed by atoms with Gasteiger partial charge in [0.2, 0.25) is 0 Å². The van der Waals surface area contributed by atoms with Crippen LogP contribution in [0.25, 0.3) is 11.3 Å². The van der Waals surface area contributed by atoms with Crippen LogP contribution in [0.3, 0.4) is 0 Å². The van der Waals surface area contributed by atoms with Gasteiger partial charge in [0.05, 0.1) is 24.7 Å². The van der Waals surface area contributed by atoms with Crippen molar-refractivity contribution in [1.29, 1.82) is 0 Å². The number of nitrogens with zero attached hydrogens (tertiary/aromatic N) is 3. The fourth-order valence-corrected chi connectivity index (χ4v) is 3.67. The van der Waals surface area contributed by atoms with E-state index in [1.54, 1.807) is 19.5 Å². The van der Waals surface area contributed by atoms with Crippen LogP contribution in [0.15, 0.2) is 29.5 Å². The van der Waals surface area contributed by atoms with Crippen LogP contribution in [0.1, 0.15) is 23.2 Å². The van der Waals surface area contributed by atoms with E-state index in [0.717, 1.165) is 42.0 Å². The van der Waals surface area contributed by atoms with E-state index >= 15 is 0 Å². The maximum atomic E-state index is 5.77. The van der Waals surface area contributed by atoms with Gasteiger partial charge in [0.1, 0.15) is 17.9 Å². The van der Waals surface area contributed by atoms with Crippen molar-refractivity contribution < 1.29 is 9.47 Å². The molecule has 0 saturated carbocycles. The first-order valence-corrected chi connectivity index (χ1v) is 8.06. The Morgan fingerprint density at radius 2 is 2.12 bits per heavy atom. The number of aromatic nitrogens is 2. The lowest BCUT2D eigenvalue weighted by Gasteiger charge is -2.32. The number of aryl methyl sites for hydroxylation is 1. The molecular formula is C18H20N4O2. The van der Waals surface area contributed by atoms with Crippen LogP contribution < -0.4 is 10.5 Å². The molecule has 6 heteroatoms. The summed E-state index contributed by atoms with van der Waals surface area (Å²) in [5, 5.41) is 0. The maximum Gasteiger partial charge on any atom is 0.282 e. The molecule has 2 aromatic rings. The maximum absolute atomic E-state index is 5.77. The van der Waals surface area contributed by atoms with Crippen molar-refractivity contribution in [2.75, 3.05) is 13.7 Å². The fraction of sp³-hybridized carbons (Fsp3) is 0.389. The Morgan fingerprint density at radius 1 is 1.25 bits per heavy atom. The molecule has 1 aliphatic heterocycles. The minimum atomic E-state index is -0.268. The molecule has 0 bridgehead atoms. The highest BCUT2D eigenvalue weighted by Gasteiger charge is 2.41. The lowest BCUT2D eigenvalue weighted by Crippen LogP contribution is -2.36. The number of aliphatic imine (C=N–C) groups is 1. The van der Waals surface area contributed by atoms with Gasteiger partial charge in [0, 0.05) is 18.2 Å². The van der Waals surface area contributed by atoms with Crippen molar-refractivity contribution in [3.63, 3.8) is 0 Å². The van der Waals surface area contributed by atoms with E-state index in [9.17, 15) is 0 Å². The van der Waals surface area contributed by atoms with Crippen molar-refractivity contribution in [2.24, 2.45) is 10.7 Å². The highest BCUT2D eigenvalue weighted by Crippen LogP contribution is 2.42. The number of amidine groups is 1. The number of ether oxygens (including phenoxy) is 2. The van der Waals surface area contributed by atoms with Gasteiger partial charge >= 0.3 is 0 Å². The Balaban J connectivity index is 1.86. The Hall–Kier alpha value is -2.63. The van der Waals surface area contributed by atoms with Gasteiger partial charge in [0.25, 0.3) is 6.02 Å². The molecule has 6 nitrogen and oxygen atoms in total. The zero-order valence-corrected chi connectivity index (χ0v) is 13.9. The van der Waals surface area contributed by atoms with E-state index in [1.807, 2.05) is 13.0 Å². The van der Waals surface area contributed by atoms with E-state index < -0.39 is 0 Å². The summed E-state index contributed by atoms with van der Waals surface area (Å²) in [6.07, 6.45) is 6.12. The predicted molar refractivity (Wildman–Crippen MR) is 91.1 cm³/mol. The van der Waals surface area contributed by atoms with Crippen molar-refractivity contribution in [3.8, 4) is 17.0 Å². The smallest absolute Gasteiger partial charge is 0.282 e. The van der Waals surface area contributed by atoms with Gasteiger partial charge in [0.15, 0.2) is 0 Å². The Labute approximate surface area is 140 Å². The van der Waals surface area contributed by atoms with Gasteiger partial charge in [-0.3, -0.25) is 4.98 Å². The fourth-order valence-electron chi connectivity index (χ4n) is 3.67. The van der Waals surface area contributed by atoms with Crippen LogP contribution >= 0.6 is 0 Å². The van der Waals surface area contributed by atoms with Gasteiger partial charge in [-0.15, -0.1) is 0 Å². The predicted octanol–water partition coefficient (Wildman–Crippen LogP) is 2.03. The highest BCUT2D eigenvalue weighted by molar-refractivity contribution is 5.75. The van der Waals surface area contributed by atoms with E-state index in [-0.39, 0.29) is 5.54 Å². The first kappa shape index (κ1) is 14.9. The number of hydrogen-bond acceptors (Lipinski definition) is 6. The number of methoxy groups -OCH3 is 1. The highest BCUT2D eigenvalue weighted by atomic mass is 16.5. The monoisotopic (exact) mass is 324 g/mol. The zero-order valence-electron chi connectivity index (χ0n) is 13.9. The molecule has 24 heavy (non-hydrogen) atoms. The number of hydrogen-bond donors (Lipinski definition) is 1. The topological polar surface area (TPSA) is 82.6 Å². The Morgan fingerprint density at radius 3 is 2.83 bits per heavy atom. The van der Waals surface area contributed by atoms with Crippen LogP contribution in [0.2, 0.25) is 0 Å². The van der Waals surface area contributed by atoms with Gasteiger partial charge in [-0.2, -0.15) is 0 Å². The summed E-state index contributed by atoms with van der Waals surface area (Å²) < 4.78 is 11.0. The minimum Gasteiger partial charge on any atom is -0.496 e. The van der Waals surface area contributed by atoms with Crippen LogP contribution in [-0.2, 0) is 17.6 Å². The molecule has 1 atom stereocenters. The zero-order chi connectivity index (χ0) is 16.7. The van der Waals surface area contributed by atoms with E-state index in [2.05, 4.69) is 21.0 Å². The van der Waals surface area contributed by atoms with Gasteiger partial charge in [-0.25, -0.2) is 9.98 Å². The van der Waals surface area contributed by atoms with E-state index in [4.69, 9.17) is 15.2 Å². The molecule has 0 fully saturated rings. The third-order valence-electron chi connectivity index (χ3n) is 4.82. The molecule has 1 unspecified atom stereocenters. The average molecular weight is 324 g/mol. The second-order valence-electron chi connectivity index (χ2n) is 6.46. The van der Waals surface area contributed by atoms with Crippen LogP contribution in [0.4, 0.5) is 0 Å². The third-order valence-corrected chi connectivity index (χ3v) is 4.82. The quantitative estimate of drug-likeness (QED) is 0.914. The second-order valence-corrected chi connectivity index (χ2v) is 6.46. The van der Waals surface area contributed by atoms with Gasteiger partial charge in [-0.1, -0.05) is 0 Å². The van der Waals surface area contributed by atoms with Crippen LogP contribution in [-0.4, -0.2) is 35.2 Å². The van der Waals surface area contributed by atoms with Crippen molar-refractivity contribution in [3.05, 3.63) is 41.3 Å². The summed E-state index contributed by atoms with van der Waals surface area (Å²) in [5.41, 5.74) is 10.8. The summed E-state index contributed by atoms with van der Waals surface area (Å²) in [4.78, 5) is 13.5.